The van der Waals surface area contributed by atoms with E-state index >= 15 is 0 Å². The van der Waals surface area contributed by atoms with Crippen molar-refractivity contribution in [1.82, 2.24) is 0 Å². The van der Waals surface area contributed by atoms with Gasteiger partial charge in [0.1, 0.15) is 11.5 Å². The summed E-state index contributed by atoms with van der Waals surface area (Å²) in [5, 5.41) is 2.93. The lowest BCUT2D eigenvalue weighted by Crippen LogP contribution is -2.26. The molecule has 0 aliphatic carbocycles. The number of methoxy groups -OCH3 is 1. The zero-order valence-electron chi connectivity index (χ0n) is 13.4. The first-order valence-corrected chi connectivity index (χ1v) is 9.10. The summed E-state index contributed by atoms with van der Waals surface area (Å²) in [4.78, 5) is 11.4. The van der Waals surface area contributed by atoms with Gasteiger partial charge in [-0.05, 0) is 36.8 Å². The number of anilines is 2. The number of benzene rings is 2. The Hall–Kier alpha value is -2.45. The molecule has 0 atom stereocenters. The van der Waals surface area contributed by atoms with E-state index in [1.165, 1.54) is 19.2 Å². The van der Waals surface area contributed by atoms with Crippen molar-refractivity contribution in [1.29, 1.82) is 0 Å². The predicted octanol–water partition coefficient (Wildman–Crippen LogP) is 2.79. The fraction of sp³-hybridized carbons (Fsp3) is 0.188. The topological polar surface area (TPSA) is 93.7 Å². The molecule has 1 aliphatic rings. The normalized spacial score (nSPS) is 13.5. The van der Waals surface area contributed by atoms with Gasteiger partial charge in [0.15, 0.2) is 6.61 Å². The van der Waals surface area contributed by atoms with Gasteiger partial charge in [0.05, 0.1) is 28.4 Å². The van der Waals surface area contributed by atoms with Crippen molar-refractivity contribution in [3.05, 3.63) is 40.9 Å². The second-order valence-electron chi connectivity index (χ2n) is 5.41. The van der Waals surface area contributed by atoms with E-state index in [-0.39, 0.29) is 22.4 Å². The van der Waals surface area contributed by atoms with Crippen LogP contribution in [0.3, 0.4) is 0 Å². The number of nitrogens with one attached hydrogen (secondary N) is 2. The molecule has 25 heavy (non-hydrogen) atoms. The number of carbonyl (C=O) groups excluding carboxylic acids is 1. The molecule has 3 rings (SSSR count). The second-order valence-corrected chi connectivity index (χ2v) is 7.46. The van der Waals surface area contributed by atoms with E-state index in [1.807, 2.05) is 0 Å². The average Bonchev–Trinajstić information content (AvgIpc) is 2.53. The minimum atomic E-state index is -3.87. The number of hydrogen-bond acceptors (Lipinski definition) is 5. The lowest BCUT2D eigenvalue weighted by molar-refractivity contribution is -0.118. The van der Waals surface area contributed by atoms with E-state index in [9.17, 15) is 13.2 Å². The number of rotatable bonds is 4. The number of aryl methyl sites for hydroxylation is 1. The molecule has 1 aliphatic heterocycles. The molecule has 9 heteroatoms. The third kappa shape index (κ3) is 3.49. The summed E-state index contributed by atoms with van der Waals surface area (Å²) < 4.78 is 38.2. The summed E-state index contributed by atoms with van der Waals surface area (Å²) >= 11 is 6.02. The van der Waals surface area contributed by atoms with E-state index in [0.29, 0.717) is 28.4 Å². The molecule has 0 saturated heterocycles. The average molecular weight is 383 g/mol. The standard InChI is InChI=1S/C16H15ClN2O5S/c1-9-5-12-14(24-8-16(20)18-12)7-15(9)25(21,22)19-10-3-4-13(23-2)11(17)6-10/h3-7,19H,8H2,1-2H3,(H,18,20). The Balaban J connectivity index is 1.95. The number of fused-ring (bicyclic) bond motifs is 1. The molecule has 2 aromatic carbocycles. The molecular formula is C16H15ClN2O5S. The lowest BCUT2D eigenvalue weighted by Gasteiger charge is -2.20. The first-order chi connectivity index (χ1) is 11.8. The van der Waals surface area contributed by atoms with Crippen LogP contribution in [-0.4, -0.2) is 28.0 Å². The van der Waals surface area contributed by atoms with Crippen molar-refractivity contribution in [2.24, 2.45) is 0 Å². The highest BCUT2D eigenvalue weighted by Gasteiger charge is 2.23. The molecule has 2 N–H and O–H groups in total. The highest BCUT2D eigenvalue weighted by atomic mass is 35.5. The SMILES string of the molecule is COc1ccc(NS(=O)(=O)c2cc3c(cc2C)NC(=O)CO3)cc1Cl. The Bertz CT molecular complexity index is 959. The number of hydrogen-bond donors (Lipinski definition) is 2. The Morgan fingerprint density at radius 3 is 2.72 bits per heavy atom. The minimum Gasteiger partial charge on any atom is -0.495 e. The Kier molecular flexibility index (Phi) is 4.49. The second kappa shape index (κ2) is 6.45. The van der Waals surface area contributed by atoms with Crippen molar-refractivity contribution >= 4 is 38.9 Å². The third-order valence-corrected chi connectivity index (χ3v) is 5.42. The van der Waals surface area contributed by atoms with Crippen LogP contribution in [0.5, 0.6) is 11.5 Å². The smallest absolute Gasteiger partial charge is 0.262 e. The Morgan fingerprint density at radius 2 is 2.04 bits per heavy atom. The van der Waals surface area contributed by atoms with E-state index in [2.05, 4.69) is 10.0 Å². The number of sulfonamides is 1. The number of carbonyl (C=O) groups is 1. The Morgan fingerprint density at radius 1 is 1.28 bits per heavy atom. The molecule has 0 aromatic heterocycles. The van der Waals surface area contributed by atoms with Crippen LogP contribution in [0, 0.1) is 6.92 Å². The van der Waals surface area contributed by atoms with Gasteiger partial charge < -0.3 is 14.8 Å². The quantitative estimate of drug-likeness (QED) is 0.848. The predicted molar refractivity (Wildman–Crippen MR) is 94.1 cm³/mol. The van der Waals surface area contributed by atoms with Crippen LogP contribution < -0.4 is 19.5 Å². The maximum Gasteiger partial charge on any atom is 0.262 e. The van der Waals surface area contributed by atoms with Crippen molar-refractivity contribution < 1.29 is 22.7 Å². The molecule has 1 heterocycles. The van der Waals surface area contributed by atoms with Crippen LogP contribution in [-0.2, 0) is 14.8 Å². The van der Waals surface area contributed by atoms with Crippen LogP contribution in [0.4, 0.5) is 11.4 Å². The summed E-state index contributed by atoms with van der Waals surface area (Å²) in [6, 6.07) is 7.52. The van der Waals surface area contributed by atoms with Gasteiger partial charge in [0, 0.05) is 6.07 Å². The Labute approximate surface area is 149 Å². The number of halogens is 1. The summed E-state index contributed by atoms with van der Waals surface area (Å²) in [6.07, 6.45) is 0. The van der Waals surface area contributed by atoms with Crippen LogP contribution in [0.2, 0.25) is 5.02 Å². The molecule has 7 nitrogen and oxygen atoms in total. The van der Waals surface area contributed by atoms with Gasteiger partial charge in [-0.25, -0.2) is 8.42 Å². The summed E-state index contributed by atoms with van der Waals surface area (Å²) in [5.74, 6) is 0.463. The fourth-order valence-corrected chi connectivity index (χ4v) is 4.00. The maximum atomic E-state index is 12.7. The first kappa shape index (κ1) is 17.4. The van der Waals surface area contributed by atoms with Crippen molar-refractivity contribution in [3.8, 4) is 11.5 Å². The highest BCUT2D eigenvalue weighted by molar-refractivity contribution is 7.92. The van der Waals surface area contributed by atoms with E-state index in [0.717, 1.165) is 0 Å². The van der Waals surface area contributed by atoms with Crippen molar-refractivity contribution in [3.63, 3.8) is 0 Å². The summed E-state index contributed by atoms with van der Waals surface area (Å²) in [5.41, 5.74) is 1.22. The molecular weight excluding hydrogens is 368 g/mol. The van der Waals surface area contributed by atoms with Crippen LogP contribution in [0.25, 0.3) is 0 Å². The molecule has 0 spiro atoms. The largest absolute Gasteiger partial charge is 0.495 e. The maximum absolute atomic E-state index is 12.7. The molecule has 0 unspecified atom stereocenters. The minimum absolute atomic E-state index is 0.0503. The zero-order valence-corrected chi connectivity index (χ0v) is 15.0. The number of amides is 1. The number of ether oxygens (including phenoxy) is 2. The molecule has 0 bridgehead atoms. The van der Waals surface area contributed by atoms with E-state index < -0.39 is 10.0 Å². The molecule has 2 aromatic rings. The first-order valence-electron chi connectivity index (χ1n) is 7.24. The zero-order chi connectivity index (χ0) is 18.2. The van der Waals surface area contributed by atoms with Crippen molar-refractivity contribution in [2.45, 2.75) is 11.8 Å². The molecule has 0 fully saturated rings. The highest BCUT2D eigenvalue weighted by Crippen LogP contribution is 2.34. The van der Waals surface area contributed by atoms with Crippen molar-refractivity contribution in [2.75, 3.05) is 23.8 Å². The van der Waals surface area contributed by atoms with Gasteiger partial charge in [-0.15, -0.1) is 0 Å². The van der Waals surface area contributed by atoms with Gasteiger partial charge in [0.2, 0.25) is 0 Å². The third-order valence-electron chi connectivity index (χ3n) is 3.60. The molecule has 0 saturated carbocycles. The van der Waals surface area contributed by atoms with Crippen LogP contribution >= 0.6 is 11.6 Å². The van der Waals surface area contributed by atoms with Crippen LogP contribution in [0.15, 0.2) is 35.2 Å². The van der Waals surface area contributed by atoms with Gasteiger partial charge in [-0.1, -0.05) is 11.6 Å². The monoisotopic (exact) mass is 382 g/mol. The van der Waals surface area contributed by atoms with E-state index in [4.69, 9.17) is 21.1 Å². The van der Waals surface area contributed by atoms with E-state index in [1.54, 1.807) is 25.1 Å². The van der Waals surface area contributed by atoms with Gasteiger partial charge in [-0.3, -0.25) is 9.52 Å². The fourth-order valence-electron chi connectivity index (χ4n) is 2.45. The molecule has 0 radical (unpaired) electrons. The summed E-state index contributed by atoms with van der Waals surface area (Å²) in [7, 11) is -2.40. The van der Waals surface area contributed by atoms with Gasteiger partial charge in [0.25, 0.3) is 15.9 Å². The lowest BCUT2D eigenvalue weighted by atomic mass is 10.2. The molecule has 132 valence electrons. The van der Waals surface area contributed by atoms with Gasteiger partial charge in [-0.2, -0.15) is 0 Å². The summed E-state index contributed by atoms with van der Waals surface area (Å²) in [6.45, 7) is 1.48. The van der Waals surface area contributed by atoms with Gasteiger partial charge >= 0.3 is 0 Å². The molecule has 1 amide bonds. The van der Waals surface area contributed by atoms with Crippen LogP contribution in [0.1, 0.15) is 5.56 Å².